The number of carbonyl (C=O) groups is 1. The van der Waals surface area contributed by atoms with E-state index < -0.39 is 12.1 Å². The Bertz CT molecular complexity index is 1040. The van der Waals surface area contributed by atoms with E-state index in [1.165, 1.54) is 5.69 Å². The van der Waals surface area contributed by atoms with Crippen LogP contribution in [0.4, 0.5) is 18.9 Å². The number of carboxylic acid groups (broad SMARTS) is 1. The van der Waals surface area contributed by atoms with E-state index in [0.29, 0.717) is 11.9 Å². The minimum Gasteiger partial charge on any atom is -0.475 e. The number of likely N-dealkylation sites (N-methyl/N-ethyl adjacent to an activating group) is 1. The van der Waals surface area contributed by atoms with Gasteiger partial charge in [-0.1, -0.05) is 0 Å². The van der Waals surface area contributed by atoms with E-state index in [0.717, 1.165) is 37.2 Å². The highest BCUT2D eigenvalue weighted by atomic mass is 19.4. The van der Waals surface area contributed by atoms with Crippen molar-refractivity contribution in [3.8, 4) is 11.4 Å². The minimum atomic E-state index is -5.08. The molecule has 0 spiro atoms. The third-order valence-electron chi connectivity index (χ3n) is 5.16. The molecule has 3 aromatic heterocycles. The summed E-state index contributed by atoms with van der Waals surface area (Å²) in [4.78, 5) is 26.8. The molecule has 12 heteroatoms. The van der Waals surface area contributed by atoms with E-state index in [-0.39, 0.29) is 0 Å². The third-order valence-corrected chi connectivity index (χ3v) is 5.16. The van der Waals surface area contributed by atoms with Gasteiger partial charge in [-0.05, 0) is 25.6 Å². The Morgan fingerprint density at radius 2 is 1.85 bits per heavy atom. The van der Waals surface area contributed by atoms with Gasteiger partial charge < -0.3 is 10.0 Å². The van der Waals surface area contributed by atoms with Crippen LogP contribution in [0, 0.1) is 0 Å². The average Bonchev–Trinajstić information content (AvgIpc) is 3.44. The van der Waals surface area contributed by atoms with Crippen molar-refractivity contribution in [2.45, 2.75) is 25.2 Å². The fraction of sp³-hybridized carbons (Fsp3) is 0.381. The van der Waals surface area contributed by atoms with E-state index >= 15 is 0 Å². The van der Waals surface area contributed by atoms with E-state index in [4.69, 9.17) is 9.90 Å². The van der Waals surface area contributed by atoms with Gasteiger partial charge in [-0.15, -0.1) is 0 Å². The van der Waals surface area contributed by atoms with Gasteiger partial charge in [0.15, 0.2) is 5.82 Å². The van der Waals surface area contributed by atoms with Gasteiger partial charge in [0.05, 0.1) is 11.8 Å². The first-order valence-corrected chi connectivity index (χ1v) is 10.1. The maximum atomic E-state index is 10.6. The summed E-state index contributed by atoms with van der Waals surface area (Å²) in [5.41, 5.74) is 3.32. The molecule has 0 amide bonds. The fourth-order valence-electron chi connectivity index (χ4n) is 3.43. The van der Waals surface area contributed by atoms with Crippen LogP contribution in [0.3, 0.4) is 0 Å². The molecule has 0 radical (unpaired) electrons. The predicted octanol–water partition coefficient (Wildman–Crippen LogP) is 2.62. The molecular weight excluding hydrogens is 439 g/mol. The van der Waals surface area contributed by atoms with Crippen molar-refractivity contribution in [2.24, 2.45) is 7.05 Å². The lowest BCUT2D eigenvalue weighted by molar-refractivity contribution is -0.192. The second-order valence-corrected chi connectivity index (χ2v) is 7.63. The number of halogens is 3. The molecule has 0 aromatic carbocycles. The largest absolute Gasteiger partial charge is 0.490 e. The summed E-state index contributed by atoms with van der Waals surface area (Å²) in [5, 5.41) is 11.3. The molecule has 0 bridgehead atoms. The lowest BCUT2D eigenvalue weighted by Gasteiger charge is -2.25. The van der Waals surface area contributed by atoms with Crippen LogP contribution in [0.2, 0.25) is 0 Å². The average molecular weight is 463 g/mol. The highest BCUT2D eigenvalue weighted by molar-refractivity contribution is 5.73. The Kier molecular flexibility index (Phi) is 7.59. The standard InChI is InChI=1S/C19H23N7.C2HF3O2/c1-24(18-5-8-26(14-18)17-3-6-20-7-4-17)12-15-9-21-19(22-10-15)16-11-23-25(2)13-16;3-2(4,5)1(6)7/h3-4,6-7,9-11,13,18H,5,8,12,14H2,1-2H3;(H,6,7). The summed E-state index contributed by atoms with van der Waals surface area (Å²) in [6, 6.07) is 4.68. The molecule has 1 aliphatic heterocycles. The van der Waals surface area contributed by atoms with Crippen LogP contribution in [0.5, 0.6) is 0 Å². The van der Waals surface area contributed by atoms with Gasteiger partial charge >= 0.3 is 12.1 Å². The van der Waals surface area contributed by atoms with E-state index in [1.54, 1.807) is 10.9 Å². The maximum absolute atomic E-state index is 10.6. The van der Waals surface area contributed by atoms with Gasteiger partial charge in [0.2, 0.25) is 0 Å². The molecule has 1 fully saturated rings. The highest BCUT2D eigenvalue weighted by Crippen LogP contribution is 2.23. The zero-order chi connectivity index (χ0) is 24.0. The number of rotatable bonds is 5. The van der Waals surface area contributed by atoms with Crippen LogP contribution in [0.15, 0.2) is 49.3 Å². The smallest absolute Gasteiger partial charge is 0.475 e. The molecule has 9 nitrogen and oxygen atoms in total. The zero-order valence-electron chi connectivity index (χ0n) is 18.1. The summed E-state index contributed by atoms with van der Waals surface area (Å²) < 4.78 is 33.5. The Morgan fingerprint density at radius 3 is 2.39 bits per heavy atom. The normalized spacial score (nSPS) is 15.9. The van der Waals surface area contributed by atoms with Crippen molar-refractivity contribution in [3.63, 3.8) is 0 Å². The summed E-state index contributed by atoms with van der Waals surface area (Å²) >= 11 is 0. The lowest BCUT2D eigenvalue weighted by atomic mass is 10.2. The Labute approximate surface area is 188 Å². The summed E-state index contributed by atoms with van der Waals surface area (Å²) in [6.45, 7) is 2.97. The van der Waals surface area contributed by atoms with Crippen LogP contribution < -0.4 is 4.90 Å². The predicted molar refractivity (Wildman–Crippen MR) is 114 cm³/mol. The van der Waals surface area contributed by atoms with Crippen molar-refractivity contribution >= 4 is 11.7 Å². The van der Waals surface area contributed by atoms with Crippen molar-refractivity contribution < 1.29 is 23.1 Å². The molecule has 1 aliphatic rings. The number of nitrogens with zero attached hydrogens (tertiary/aromatic N) is 7. The summed E-state index contributed by atoms with van der Waals surface area (Å²) in [7, 11) is 4.07. The molecule has 33 heavy (non-hydrogen) atoms. The number of aliphatic carboxylic acids is 1. The second kappa shape index (κ2) is 10.4. The van der Waals surface area contributed by atoms with Gasteiger partial charge in [0.1, 0.15) is 0 Å². The molecule has 1 N–H and O–H groups in total. The molecule has 1 atom stereocenters. The van der Waals surface area contributed by atoms with Crippen molar-refractivity contribution in [2.75, 3.05) is 25.0 Å². The molecule has 4 rings (SSSR count). The molecule has 1 saturated heterocycles. The number of pyridine rings is 1. The quantitative estimate of drug-likeness (QED) is 0.617. The summed E-state index contributed by atoms with van der Waals surface area (Å²) in [6.07, 6.45) is 7.33. The SMILES string of the molecule is CN(Cc1cnc(-c2cnn(C)c2)nc1)C1CCN(c2ccncc2)C1.O=C(O)C(F)(F)F. The van der Waals surface area contributed by atoms with Crippen molar-refractivity contribution in [3.05, 3.63) is 54.9 Å². The fourth-order valence-corrected chi connectivity index (χ4v) is 3.43. The Balaban J connectivity index is 0.000000383. The molecule has 4 heterocycles. The topological polar surface area (TPSA) is 100 Å². The first kappa shape index (κ1) is 24.1. The highest BCUT2D eigenvalue weighted by Gasteiger charge is 2.38. The van der Waals surface area contributed by atoms with Gasteiger partial charge in [-0.2, -0.15) is 18.3 Å². The second-order valence-electron chi connectivity index (χ2n) is 7.63. The molecule has 0 saturated carbocycles. The Hall–Kier alpha value is -3.54. The van der Waals surface area contributed by atoms with Crippen LogP contribution in [0.1, 0.15) is 12.0 Å². The molecule has 3 aromatic rings. The number of hydrogen-bond donors (Lipinski definition) is 1. The molecular formula is C21H24F3N7O2. The lowest BCUT2D eigenvalue weighted by Crippen LogP contribution is -2.34. The summed E-state index contributed by atoms with van der Waals surface area (Å²) in [5.74, 6) is -2.04. The number of alkyl halides is 3. The first-order valence-electron chi connectivity index (χ1n) is 10.1. The van der Waals surface area contributed by atoms with Crippen LogP contribution in [0.25, 0.3) is 11.4 Å². The molecule has 0 aliphatic carbocycles. The van der Waals surface area contributed by atoms with Crippen LogP contribution in [-0.2, 0) is 18.4 Å². The van der Waals surface area contributed by atoms with E-state index in [1.807, 2.05) is 38.0 Å². The number of aryl methyl sites for hydroxylation is 1. The third kappa shape index (κ3) is 6.72. The zero-order valence-corrected chi connectivity index (χ0v) is 18.1. The number of hydrogen-bond acceptors (Lipinski definition) is 7. The number of carboxylic acids is 1. The van der Waals surface area contributed by atoms with Gasteiger partial charge in [-0.3, -0.25) is 14.6 Å². The van der Waals surface area contributed by atoms with Crippen LogP contribution >= 0.6 is 0 Å². The number of aromatic nitrogens is 5. The van der Waals surface area contributed by atoms with E-state index in [9.17, 15) is 13.2 Å². The minimum absolute atomic E-state index is 0.529. The van der Waals surface area contributed by atoms with Crippen molar-refractivity contribution in [1.29, 1.82) is 0 Å². The van der Waals surface area contributed by atoms with Gasteiger partial charge in [-0.25, -0.2) is 14.8 Å². The first-order chi connectivity index (χ1) is 15.6. The van der Waals surface area contributed by atoms with E-state index in [2.05, 4.69) is 49.0 Å². The van der Waals surface area contributed by atoms with Gasteiger partial charge in [0, 0.05) is 75.0 Å². The molecule has 176 valence electrons. The number of anilines is 1. The van der Waals surface area contributed by atoms with Crippen LogP contribution in [-0.4, -0.2) is 73.1 Å². The van der Waals surface area contributed by atoms with Gasteiger partial charge in [0.25, 0.3) is 0 Å². The molecule has 1 unspecified atom stereocenters. The maximum Gasteiger partial charge on any atom is 0.490 e. The Morgan fingerprint density at radius 1 is 1.21 bits per heavy atom. The monoisotopic (exact) mass is 463 g/mol. The van der Waals surface area contributed by atoms with Crippen molar-refractivity contribution in [1.82, 2.24) is 29.6 Å².